The largest absolute Gasteiger partial charge is 0.573 e. The van der Waals surface area contributed by atoms with Crippen molar-refractivity contribution in [2.45, 2.75) is 25.7 Å². The predicted molar refractivity (Wildman–Crippen MR) is 100 cm³/mol. The quantitative estimate of drug-likeness (QED) is 0.676. The molecule has 0 atom stereocenters. The van der Waals surface area contributed by atoms with Gasteiger partial charge in [-0.3, -0.25) is 4.90 Å². The van der Waals surface area contributed by atoms with Crippen molar-refractivity contribution in [3.05, 3.63) is 54.4 Å². The lowest BCUT2D eigenvalue weighted by atomic mass is 10.2. The Balaban J connectivity index is 1.59. The van der Waals surface area contributed by atoms with Crippen LogP contribution in [-0.4, -0.2) is 34.3 Å². The Labute approximate surface area is 160 Å². The molecule has 0 radical (unpaired) electrons. The van der Waals surface area contributed by atoms with Gasteiger partial charge in [0.2, 0.25) is 0 Å². The summed E-state index contributed by atoms with van der Waals surface area (Å²) in [6.45, 7) is 2.76. The molecule has 2 heterocycles. The van der Waals surface area contributed by atoms with Crippen LogP contribution in [0.4, 0.5) is 24.7 Å². The molecule has 5 nitrogen and oxygen atoms in total. The Morgan fingerprint density at radius 2 is 1.68 bits per heavy atom. The molecule has 1 saturated heterocycles. The van der Waals surface area contributed by atoms with E-state index >= 15 is 0 Å². The first kappa shape index (κ1) is 18.5. The summed E-state index contributed by atoms with van der Waals surface area (Å²) >= 11 is 0. The number of fused-ring (bicyclic) bond motifs is 1. The van der Waals surface area contributed by atoms with E-state index in [0.29, 0.717) is 18.1 Å². The van der Waals surface area contributed by atoms with Crippen molar-refractivity contribution in [3.63, 3.8) is 0 Å². The number of para-hydroxylation sites is 1. The molecule has 8 heteroatoms. The summed E-state index contributed by atoms with van der Waals surface area (Å²) < 4.78 is 40.9. The molecule has 1 fully saturated rings. The topological polar surface area (TPSA) is 50.3 Å². The van der Waals surface area contributed by atoms with Gasteiger partial charge in [0.25, 0.3) is 0 Å². The van der Waals surface area contributed by atoms with Crippen LogP contribution >= 0.6 is 0 Å². The number of anilines is 2. The minimum absolute atomic E-state index is 0.264. The second kappa shape index (κ2) is 7.63. The van der Waals surface area contributed by atoms with Gasteiger partial charge in [-0.25, -0.2) is 9.97 Å². The van der Waals surface area contributed by atoms with Crippen molar-refractivity contribution in [1.29, 1.82) is 0 Å². The van der Waals surface area contributed by atoms with E-state index < -0.39 is 6.36 Å². The van der Waals surface area contributed by atoms with E-state index in [9.17, 15) is 13.2 Å². The molecule has 0 unspecified atom stereocenters. The molecule has 1 aliphatic heterocycles. The zero-order valence-corrected chi connectivity index (χ0v) is 15.0. The summed E-state index contributed by atoms with van der Waals surface area (Å²) in [5.74, 6) is 1.09. The highest BCUT2D eigenvalue weighted by Gasteiger charge is 2.31. The number of hydrogen-bond donors (Lipinski definition) is 1. The smallest absolute Gasteiger partial charge is 0.406 e. The van der Waals surface area contributed by atoms with Crippen LogP contribution in [0.15, 0.2) is 48.5 Å². The molecule has 0 saturated carbocycles. The van der Waals surface area contributed by atoms with Crippen molar-refractivity contribution in [3.8, 4) is 5.75 Å². The summed E-state index contributed by atoms with van der Waals surface area (Å²) in [6, 6.07) is 13.2. The van der Waals surface area contributed by atoms with E-state index in [-0.39, 0.29) is 5.75 Å². The van der Waals surface area contributed by atoms with Gasteiger partial charge in [0.1, 0.15) is 17.4 Å². The van der Waals surface area contributed by atoms with Crippen molar-refractivity contribution in [2.24, 2.45) is 0 Å². The van der Waals surface area contributed by atoms with Gasteiger partial charge in [-0.05, 0) is 62.3 Å². The third-order valence-electron chi connectivity index (χ3n) is 4.56. The number of halogens is 3. The third-order valence-corrected chi connectivity index (χ3v) is 4.56. The number of aromatic nitrogens is 2. The van der Waals surface area contributed by atoms with E-state index in [2.05, 4.69) is 24.9 Å². The minimum atomic E-state index is -4.71. The fraction of sp³-hybridized carbons (Fsp3) is 0.300. The number of likely N-dealkylation sites (tertiary alicyclic amines) is 1. The lowest BCUT2D eigenvalue weighted by Gasteiger charge is -2.16. The fourth-order valence-electron chi connectivity index (χ4n) is 3.31. The molecular formula is C20H19F3N4O. The Morgan fingerprint density at radius 3 is 2.39 bits per heavy atom. The Bertz CT molecular complexity index is 954. The number of benzene rings is 2. The van der Waals surface area contributed by atoms with Crippen LogP contribution in [0, 0.1) is 0 Å². The van der Waals surface area contributed by atoms with Gasteiger partial charge in [0.15, 0.2) is 0 Å². The van der Waals surface area contributed by atoms with E-state index in [1.54, 1.807) is 0 Å². The summed E-state index contributed by atoms with van der Waals surface area (Å²) in [5, 5.41) is 4.05. The average molecular weight is 388 g/mol. The van der Waals surface area contributed by atoms with E-state index in [0.717, 1.165) is 29.8 Å². The molecule has 3 aromatic rings. The first-order valence-electron chi connectivity index (χ1n) is 9.07. The number of alkyl halides is 3. The number of nitrogens with one attached hydrogen (secondary N) is 1. The predicted octanol–water partition coefficient (Wildman–Crippen LogP) is 4.87. The molecule has 146 valence electrons. The second-order valence-electron chi connectivity index (χ2n) is 6.69. The van der Waals surface area contributed by atoms with Crippen molar-refractivity contribution in [1.82, 2.24) is 14.9 Å². The zero-order valence-electron chi connectivity index (χ0n) is 15.0. The maximum absolute atomic E-state index is 12.3. The monoisotopic (exact) mass is 388 g/mol. The number of rotatable bonds is 5. The number of nitrogens with zero attached hydrogens (tertiary/aromatic N) is 3. The molecule has 2 aromatic carbocycles. The average Bonchev–Trinajstić information content (AvgIpc) is 3.15. The number of hydrogen-bond acceptors (Lipinski definition) is 5. The molecule has 0 aliphatic carbocycles. The van der Waals surface area contributed by atoms with E-state index in [1.807, 2.05) is 24.3 Å². The molecule has 4 rings (SSSR count). The van der Waals surface area contributed by atoms with Crippen LogP contribution in [0.25, 0.3) is 10.9 Å². The van der Waals surface area contributed by atoms with Crippen molar-refractivity contribution in [2.75, 3.05) is 18.4 Å². The normalized spacial score (nSPS) is 15.1. The van der Waals surface area contributed by atoms with Gasteiger partial charge in [-0.15, -0.1) is 13.2 Å². The van der Waals surface area contributed by atoms with Crippen LogP contribution in [0.3, 0.4) is 0 Å². The standard InChI is InChI=1S/C20H19F3N4O/c21-20(22,23)28-15-9-7-14(8-10-15)24-19-16-5-1-2-6-17(16)25-18(26-19)13-27-11-3-4-12-27/h1-2,5-10H,3-4,11-13H2,(H,24,25,26). The molecular weight excluding hydrogens is 369 g/mol. The van der Waals surface area contributed by atoms with Crippen LogP contribution < -0.4 is 10.1 Å². The van der Waals surface area contributed by atoms with Gasteiger partial charge in [-0.1, -0.05) is 12.1 Å². The Kier molecular flexibility index (Phi) is 5.04. The first-order chi connectivity index (χ1) is 13.5. The van der Waals surface area contributed by atoms with E-state index in [4.69, 9.17) is 0 Å². The van der Waals surface area contributed by atoms with Crippen LogP contribution in [-0.2, 0) is 6.54 Å². The Morgan fingerprint density at radius 1 is 0.964 bits per heavy atom. The van der Waals surface area contributed by atoms with E-state index in [1.165, 1.54) is 37.1 Å². The summed E-state index contributed by atoms with van der Waals surface area (Å²) in [6.07, 6.45) is -2.33. The molecule has 1 aromatic heterocycles. The molecule has 1 N–H and O–H groups in total. The maximum atomic E-state index is 12.3. The summed E-state index contributed by atoms with van der Waals surface area (Å²) in [7, 11) is 0. The lowest BCUT2D eigenvalue weighted by Crippen LogP contribution is -2.20. The highest BCUT2D eigenvalue weighted by atomic mass is 19.4. The fourth-order valence-corrected chi connectivity index (χ4v) is 3.31. The third kappa shape index (κ3) is 4.51. The van der Waals surface area contributed by atoms with Gasteiger partial charge in [-0.2, -0.15) is 0 Å². The van der Waals surface area contributed by atoms with Crippen LogP contribution in [0.5, 0.6) is 5.75 Å². The first-order valence-corrected chi connectivity index (χ1v) is 9.07. The highest BCUT2D eigenvalue weighted by molar-refractivity contribution is 5.90. The van der Waals surface area contributed by atoms with Crippen molar-refractivity contribution < 1.29 is 17.9 Å². The SMILES string of the molecule is FC(F)(F)Oc1ccc(Nc2nc(CN3CCCC3)nc3ccccc23)cc1. The molecule has 0 bridgehead atoms. The van der Waals surface area contributed by atoms with Gasteiger partial charge < -0.3 is 10.1 Å². The summed E-state index contributed by atoms with van der Waals surface area (Å²) in [4.78, 5) is 11.6. The maximum Gasteiger partial charge on any atom is 0.573 e. The van der Waals surface area contributed by atoms with Gasteiger partial charge in [0, 0.05) is 11.1 Å². The highest BCUT2D eigenvalue weighted by Crippen LogP contribution is 2.27. The van der Waals surface area contributed by atoms with Crippen LogP contribution in [0.2, 0.25) is 0 Å². The minimum Gasteiger partial charge on any atom is -0.406 e. The lowest BCUT2D eigenvalue weighted by molar-refractivity contribution is -0.274. The van der Waals surface area contributed by atoms with Gasteiger partial charge in [0.05, 0.1) is 12.1 Å². The molecule has 0 spiro atoms. The molecule has 0 amide bonds. The molecule has 28 heavy (non-hydrogen) atoms. The molecule has 1 aliphatic rings. The Hall–Kier alpha value is -2.87. The van der Waals surface area contributed by atoms with Crippen molar-refractivity contribution >= 4 is 22.4 Å². The van der Waals surface area contributed by atoms with Crippen LogP contribution in [0.1, 0.15) is 18.7 Å². The number of ether oxygens (including phenoxy) is 1. The second-order valence-corrected chi connectivity index (χ2v) is 6.69. The zero-order chi connectivity index (χ0) is 19.6. The summed E-state index contributed by atoms with van der Waals surface area (Å²) in [5.41, 5.74) is 1.44. The van der Waals surface area contributed by atoms with Gasteiger partial charge >= 0.3 is 6.36 Å².